The van der Waals surface area contributed by atoms with Gasteiger partial charge in [-0.2, -0.15) is 0 Å². The highest BCUT2D eigenvalue weighted by Gasteiger charge is 2.04. The first kappa shape index (κ1) is 9.87. The van der Waals surface area contributed by atoms with Gasteiger partial charge < -0.3 is 4.90 Å². The van der Waals surface area contributed by atoms with Crippen molar-refractivity contribution >= 4 is 19.7 Å². The molecule has 1 aromatic rings. The standard InChI is InChI=1S/C9H10NO2P/c1-10(2)8-5-3-7(4-6-8)9(11)13-12/h3-6H,1-2H3. The Kier molecular flexibility index (Phi) is 3.15. The van der Waals surface area contributed by atoms with Gasteiger partial charge in [0.15, 0.2) is 0 Å². The molecule has 0 aliphatic heterocycles. The second-order valence-corrected chi connectivity index (χ2v) is 3.43. The normalized spacial score (nSPS) is 10.0. The summed E-state index contributed by atoms with van der Waals surface area (Å²) < 4.78 is 10.3. The monoisotopic (exact) mass is 195 g/mol. The summed E-state index contributed by atoms with van der Waals surface area (Å²) in [6.45, 7) is 0. The zero-order chi connectivity index (χ0) is 9.84. The van der Waals surface area contributed by atoms with Crippen LogP contribution in [0, 0.1) is 0 Å². The lowest BCUT2D eigenvalue weighted by Crippen LogP contribution is -2.08. The van der Waals surface area contributed by atoms with Gasteiger partial charge in [0.1, 0.15) is 0 Å². The maximum absolute atomic E-state index is 11.0. The molecule has 0 aliphatic rings. The van der Waals surface area contributed by atoms with E-state index in [1.54, 1.807) is 12.1 Å². The van der Waals surface area contributed by atoms with Crippen molar-refractivity contribution in [2.24, 2.45) is 0 Å². The maximum atomic E-state index is 11.0. The van der Waals surface area contributed by atoms with E-state index in [-0.39, 0.29) is 5.52 Å². The predicted molar refractivity (Wildman–Crippen MR) is 52.7 cm³/mol. The van der Waals surface area contributed by atoms with Crippen LogP contribution in [0.5, 0.6) is 0 Å². The molecule has 0 amide bonds. The fourth-order valence-corrected chi connectivity index (χ4v) is 1.21. The summed E-state index contributed by atoms with van der Waals surface area (Å²) in [5.74, 6) is 0. The highest BCUT2D eigenvalue weighted by atomic mass is 31.1. The van der Waals surface area contributed by atoms with Gasteiger partial charge in [0, 0.05) is 25.3 Å². The summed E-state index contributed by atoms with van der Waals surface area (Å²) in [5, 5.41) is 0. The zero-order valence-corrected chi connectivity index (χ0v) is 8.41. The molecule has 0 aromatic heterocycles. The number of carbonyl (C=O) groups excluding carboxylic acids is 1. The summed E-state index contributed by atoms with van der Waals surface area (Å²) in [6.07, 6.45) is 0. The molecule has 1 rings (SSSR count). The minimum absolute atomic E-state index is 0.384. The molecule has 0 saturated carbocycles. The highest BCUT2D eigenvalue weighted by Crippen LogP contribution is 2.15. The molecular formula is C9H10NO2P. The van der Waals surface area contributed by atoms with Crippen molar-refractivity contribution in [3.63, 3.8) is 0 Å². The van der Waals surface area contributed by atoms with Gasteiger partial charge in [0.25, 0.3) is 5.52 Å². The third-order valence-electron chi connectivity index (χ3n) is 1.71. The summed E-state index contributed by atoms with van der Waals surface area (Å²) in [7, 11) is 3.38. The van der Waals surface area contributed by atoms with Gasteiger partial charge in [-0.1, -0.05) is 0 Å². The van der Waals surface area contributed by atoms with Crippen molar-refractivity contribution < 1.29 is 9.36 Å². The molecule has 0 spiro atoms. The first-order valence-electron chi connectivity index (χ1n) is 3.80. The molecule has 0 saturated heterocycles. The van der Waals surface area contributed by atoms with Gasteiger partial charge in [-0.3, -0.25) is 9.36 Å². The molecule has 0 atom stereocenters. The second-order valence-electron chi connectivity index (χ2n) is 2.84. The quantitative estimate of drug-likeness (QED) is 0.693. The fourth-order valence-electron chi connectivity index (χ4n) is 0.955. The Bertz CT molecular complexity index is 319. The van der Waals surface area contributed by atoms with E-state index in [2.05, 4.69) is 0 Å². The average molecular weight is 195 g/mol. The molecule has 4 heteroatoms. The van der Waals surface area contributed by atoms with Gasteiger partial charge in [0.2, 0.25) is 8.46 Å². The van der Waals surface area contributed by atoms with E-state index in [1.807, 2.05) is 31.1 Å². The number of nitrogens with zero attached hydrogens (tertiary/aromatic N) is 1. The Morgan fingerprint density at radius 1 is 1.23 bits per heavy atom. The minimum Gasteiger partial charge on any atom is -0.378 e. The lowest BCUT2D eigenvalue weighted by atomic mass is 10.2. The number of rotatable bonds is 3. The number of hydrogen-bond donors (Lipinski definition) is 0. The van der Waals surface area contributed by atoms with Crippen molar-refractivity contribution in [1.82, 2.24) is 0 Å². The minimum atomic E-state index is -0.456. The molecule has 0 fully saturated rings. The molecule has 0 radical (unpaired) electrons. The van der Waals surface area contributed by atoms with E-state index in [0.29, 0.717) is 5.56 Å². The highest BCUT2D eigenvalue weighted by molar-refractivity contribution is 7.47. The summed E-state index contributed by atoms with van der Waals surface area (Å²) in [5.41, 5.74) is 1.10. The fraction of sp³-hybridized carbons (Fsp3) is 0.222. The van der Waals surface area contributed by atoms with Crippen LogP contribution in [0.15, 0.2) is 24.3 Å². The van der Waals surface area contributed by atoms with E-state index >= 15 is 0 Å². The molecule has 0 aliphatic carbocycles. The molecule has 68 valence electrons. The van der Waals surface area contributed by atoms with E-state index in [4.69, 9.17) is 0 Å². The van der Waals surface area contributed by atoms with Crippen LogP contribution in [0.2, 0.25) is 0 Å². The Balaban J connectivity index is 2.93. The van der Waals surface area contributed by atoms with Crippen LogP contribution in [-0.2, 0) is 4.57 Å². The van der Waals surface area contributed by atoms with Gasteiger partial charge in [-0.25, -0.2) is 0 Å². The number of benzene rings is 1. The Labute approximate surface area is 78.6 Å². The SMILES string of the molecule is CN(C)c1ccc(C(=O)P=O)cc1. The average Bonchev–Trinajstić information content (AvgIpc) is 2.17. The number of carbonyl (C=O) groups is 1. The van der Waals surface area contributed by atoms with Gasteiger partial charge in [-0.05, 0) is 24.3 Å². The summed E-state index contributed by atoms with van der Waals surface area (Å²) in [4.78, 5) is 12.9. The maximum Gasteiger partial charge on any atom is 0.253 e. The van der Waals surface area contributed by atoms with Crippen LogP contribution in [-0.4, -0.2) is 19.6 Å². The molecule has 1 aromatic carbocycles. The topological polar surface area (TPSA) is 37.4 Å². The van der Waals surface area contributed by atoms with Crippen molar-refractivity contribution in [3.8, 4) is 0 Å². The lowest BCUT2D eigenvalue weighted by molar-refractivity contribution is 0.108. The van der Waals surface area contributed by atoms with Crippen molar-refractivity contribution in [2.75, 3.05) is 19.0 Å². The predicted octanol–water partition coefficient (Wildman–Crippen LogP) is 2.18. The van der Waals surface area contributed by atoms with Crippen LogP contribution in [0.3, 0.4) is 0 Å². The molecule has 0 N–H and O–H groups in total. The van der Waals surface area contributed by atoms with E-state index < -0.39 is 8.46 Å². The number of hydrogen-bond acceptors (Lipinski definition) is 3. The first-order chi connectivity index (χ1) is 6.15. The molecular weight excluding hydrogens is 185 g/mol. The van der Waals surface area contributed by atoms with E-state index in [0.717, 1.165) is 5.69 Å². The smallest absolute Gasteiger partial charge is 0.253 e. The summed E-state index contributed by atoms with van der Waals surface area (Å²) in [6, 6.07) is 6.97. The van der Waals surface area contributed by atoms with E-state index in [1.165, 1.54) is 0 Å². The number of anilines is 1. The van der Waals surface area contributed by atoms with E-state index in [9.17, 15) is 9.36 Å². The van der Waals surface area contributed by atoms with Crippen LogP contribution in [0.1, 0.15) is 10.4 Å². The van der Waals surface area contributed by atoms with Crippen LogP contribution in [0.4, 0.5) is 5.69 Å². The molecule has 3 nitrogen and oxygen atoms in total. The molecule has 0 unspecified atom stereocenters. The molecule has 0 bridgehead atoms. The van der Waals surface area contributed by atoms with Crippen molar-refractivity contribution in [1.29, 1.82) is 0 Å². The largest absolute Gasteiger partial charge is 0.378 e. The van der Waals surface area contributed by atoms with Gasteiger partial charge >= 0.3 is 0 Å². The molecule has 13 heavy (non-hydrogen) atoms. The molecule has 0 heterocycles. The first-order valence-corrected chi connectivity index (χ1v) is 4.61. The van der Waals surface area contributed by atoms with Crippen LogP contribution < -0.4 is 4.90 Å². The summed E-state index contributed by atoms with van der Waals surface area (Å²) >= 11 is 0. The Hall–Kier alpha value is -1.21. The third-order valence-corrected chi connectivity index (χ3v) is 2.14. The lowest BCUT2D eigenvalue weighted by Gasteiger charge is -2.11. The second kappa shape index (κ2) is 4.15. The third kappa shape index (κ3) is 2.36. The zero-order valence-electron chi connectivity index (χ0n) is 7.52. The van der Waals surface area contributed by atoms with Crippen molar-refractivity contribution in [3.05, 3.63) is 29.8 Å². The van der Waals surface area contributed by atoms with Gasteiger partial charge in [-0.15, -0.1) is 0 Å². The van der Waals surface area contributed by atoms with Crippen LogP contribution in [0.25, 0.3) is 0 Å². The van der Waals surface area contributed by atoms with Crippen molar-refractivity contribution in [2.45, 2.75) is 0 Å². The van der Waals surface area contributed by atoms with Gasteiger partial charge in [0.05, 0.1) is 0 Å². The van der Waals surface area contributed by atoms with Crippen LogP contribution >= 0.6 is 8.46 Å². The Morgan fingerprint density at radius 3 is 2.15 bits per heavy atom. The Morgan fingerprint density at radius 2 is 1.77 bits per heavy atom.